The van der Waals surface area contributed by atoms with Gasteiger partial charge in [0.15, 0.2) is 0 Å². The lowest BCUT2D eigenvalue weighted by Gasteiger charge is -2.14. The van der Waals surface area contributed by atoms with Crippen LogP contribution in [-0.2, 0) is 11.3 Å². The van der Waals surface area contributed by atoms with Gasteiger partial charge in [-0.3, -0.25) is 4.79 Å². The molecule has 0 radical (unpaired) electrons. The molecule has 4 nitrogen and oxygen atoms in total. The first-order valence-electron chi connectivity index (χ1n) is 4.96. The first-order chi connectivity index (χ1) is 7.22. The van der Waals surface area contributed by atoms with Crippen LogP contribution in [0.4, 0.5) is 0 Å². The quantitative estimate of drug-likeness (QED) is 0.793. The topological polar surface area (TPSA) is 46.9 Å². The number of carbonyl (C=O) groups is 1. The Morgan fingerprint density at radius 2 is 2.47 bits per heavy atom. The van der Waals surface area contributed by atoms with Crippen molar-refractivity contribution < 1.29 is 4.79 Å². The molecule has 1 rings (SSSR count). The Bertz CT molecular complexity index is 287. The first kappa shape index (κ1) is 12.1. The highest BCUT2D eigenvalue weighted by Gasteiger charge is 2.06. The van der Waals surface area contributed by atoms with Crippen molar-refractivity contribution in [1.82, 2.24) is 14.9 Å². The monoisotopic (exact) mass is 227 g/mol. The van der Waals surface area contributed by atoms with Crippen molar-refractivity contribution in [3.63, 3.8) is 0 Å². The van der Waals surface area contributed by atoms with Crippen molar-refractivity contribution in [2.75, 3.05) is 12.0 Å². The third-order valence-electron chi connectivity index (χ3n) is 1.98. The Balaban J connectivity index is 2.23. The molecule has 1 heterocycles. The van der Waals surface area contributed by atoms with Crippen LogP contribution in [0.5, 0.6) is 0 Å². The number of carbonyl (C=O) groups excluding carboxylic acids is 1. The van der Waals surface area contributed by atoms with Gasteiger partial charge in [0.25, 0.3) is 0 Å². The average Bonchev–Trinajstić information content (AvgIpc) is 2.67. The molecule has 0 saturated heterocycles. The molecule has 1 N–H and O–H groups in total. The molecule has 15 heavy (non-hydrogen) atoms. The lowest BCUT2D eigenvalue weighted by Crippen LogP contribution is -2.35. The second kappa shape index (κ2) is 6.50. The van der Waals surface area contributed by atoms with Crippen molar-refractivity contribution in [2.24, 2.45) is 0 Å². The molecule has 0 spiro atoms. The van der Waals surface area contributed by atoms with E-state index in [1.165, 1.54) is 0 Å². The van der Waals surface area contributed by atoms with Crippen LogP contribution in [0.1, 0.15) is 13.3 Å². The van der Waals surface area contributed by atoms with Gasteiger partial charge in [0.05, 0.1) is 6.33 Å². The van der Waals surface area contributed by atoms with E-state index in [9.17, 15) is 4.79 Å². The van der Waals surface area contributed by atoms with Gasteiger partial charge < -0.3 is 9.88 Å². The molecular weight excluding hydrogens is 210 g/mol. The van der Waals surface area contributed by atoms with Crippen molar-refractivity contribution in [3.05, 3.63) is 18.7 Å². The summed E-state index contributed by atoms with van der Waals surface area (Å²) in [6, 6.07) is 0.147. The van der Waals surface area contributed by atoms with Crippen molar-refractivity contribution >= 4 is 17.7 Å². The predicted molar refractivity (Wildman–Crippen MR) is 62.8 cm³/mol. The molecule has 0 aliphatic heterocycles. The molecule has 0 bridgehead atoms. The summed E-state index contributed by atoms with van der Waals surface area (Å²) in [6.45, 7) is 2.77. The standard InChI is InChI=1S/C10H17N3OS/c1-9(7-13-5-4-11-8-13)12-10(14)3-6-15-2/h4-5,8-9H,3,6-7H2,1-2H3,(H,12,14). The van der Waals surface area contributed by atoms with E-state index in [0.29, 0.717) is 6.42 Å². The maximum atomic E-state index is 11.4. The summed E-state index contributed by atoms with van der Waals surface area (Å²) in [5, 5.41) is 2.95. The Morgan fingerprint density at radius 3 is 3.07 bits per heavy atom. The van der Waals surface area contributed by atoms with Crippen molar-refractivity contribution in [2.45, 2.75) is 25.9 Å². The van der Waals surface area contributed by atoms with E-state index in [4.69, 9.17) is 0 Å². The molecule has 1 unspecified atom stereocenters. The summed E-state index contributed by atoms with van der Waals surface area (Å²) in [7, 11) is 0. The molecular formula is C10H17N3OS. The van der Waals surface area contributed by atoms with Gasteiger partial charge in [-0.2, -0.15) is 11.8 Å². The van der Waals surface area contributed by atoms with Gasteiger partial charge in [-0.25, -0.2) is 4.98 Å². The molecule has 0 saturated carbocycles. The summed E-state index contributed by atoms with van der Waals surface area (Å²) < 4.78 is 1.96. The lowest BCUT2D eigenvalue weighted by atomic mass is 10.3. The third-order valence-corrected chi connectivity index (χ3v) is 2.60. The fraction of sp³-hybridized carbons (Fsp3) is 0.600. The summed E-state index contributed by atoms with van der Waals surface area (Å²) in [4.78, 5) is 15.3. The molecule has 0 aliphatic rings. The highest BCUT2D eigenvalue weighted by Crippen LogP contribution is 1.97. The smallest absolute Gasteiger partial charge is 0.221 e. The Labute approximate surface area is 94.5 Å². The summed E-state index contributed by atoms with van der Waals surface area (Å²) in [5.41, 5.74) is 0. The zero-order valence-electron chi connectivity index (χ0n) is 9.14. The fourth-order valence-electron chi connectivity index (χ4n) is 1.30. The maximum Gasteiger partial charge on any atom is 0.221 e. The van der Waals surface area contributed by atoms with Gasteiger partial charge in [0, 0.05) is 37.2 Å². The van der Waals surface area contributed by atoms with E-state index < -0.39 is 0 Å². The lowest BCUT2D eigenvalue weighted by molar-refractivity contribution is -0.121. The Hall–Kier alpha value is -0.970. The van der Waals surface area contributed by atoms with Gasteiger partial charge in [-0.15, -0.1) is 0 Å². The number of amides is 1. The van der Waals surface area contributed by atoms with E-state index in [1.54, 1.807) is 24.3 Å². The van der Waals surface area contributed by atoms with Crippen LogP contribution < -0.4 is 5.32 Å². The molecule has 1 aromatic rings. The second-order valence-electron chi connectivity index (χ2n) is 3.47. The van der Waals surface area contributed by atoms with Crippen LogP contribution in [-0.4, -0.2) is 33.5 Å². The minimum Gasteiger partial charge on any atom is -0.352 e. The zero-order valence-corrected chi connectivity index (χ0v) is 9.96. The fourth-order valence-corrected chi connectivity index (χ4v) is 1.69. The van der Waals surface area contributed by atoms with Gasteiger partial charge >= 0.3 is 0 Å². The minimum absolute atomic E-state index is 0.122. The number of imidazole rings is 1. The van der Waals surface area contributed by atoms with E-state index >= 15 is 0 Å². The zero-order chi connectivity index (χ0) is 11.1. The SMILES string of the molecule is CSCCC(=O)NC(C)Cn1ccnc1. The number of aromatic nitrogens is 2. The highest BCUT2D eigenvalue weighted by atomic mass is 32.2. The number of hydrogen-bond donors (Lipinski definition) is 1. The Kier molecular flexibility index (Phi) is 5.25. The van der Waals surface area contributed by atoms with Gasteiger partial charge in [0.1, 0.15) is 0 Å². The van der Waals surface area contributed by atoms with Gasteiger partial charge in [-0.1, -0.05) is 0 Å². The maximum absolute atomic E-state index is 11.4. The van der Waals surface area contributed by atoms with Crippen LogP contribution in [0.2, 0.25) is 0 Å². The van der Waals surface area contributed by atoms with Crippen LogP contribution >= 0.6 is 11.8 Å². The number of nitrogens with zero attached hydrogens (tertiary/aromatic N) is 2. The minimum atomic E-state index is 0.122. The van der Waals surface area contributed by atoms with E-state index in [2.05, 4.69) is 10.3 Å². The molecule has 0 fully saturated rings. The van der Waals surface area contributed by atoms with Crippen molar-refractivity contribution in [1.29, 1.82) is 0 Å². The molecule has 1 amide bonds. The van der Waals surface area contributed by atoms with Crippen LogP contribution in [0.25, 0.3) is 0 Å². The predicted octanol–water partition coefficient (Wildman–Crippen LogP) is 1.14. The molecule has 1 aromatic heterocycles. The summed E-state index contributed by atoms with van der Waals surface area (Å²) >= 11 is 1.69. The number of nitrogens with one attached hydrogen (secondary N) is 1. The van der Waals surface area contributed by atoms with Crippen molar-refractivity contribution in [3.8, 4) is 0 Å². The molecule has 5 heteroatoms. The number of hydrogen-bond acceptors (Lipinski definition) is 3. The molecule has 0 aliphatic carbocycles. The van der Waals surface area contributed by atoms with E-state index in [0.717, 1.165) is 12.3 Å². The summed E-state index contributed by atoms with van der Waals surface area (Å²) in [5.74, 6) is 1.00. The largest absolute Gasteiger partial charge is 0.352 e. The Morgan fingerprint density at radius 1 is 1.67 bits per heavy atom. The highest BCUT2D eigenvalue weighted by molar-refractivity contribution is 7.98. The number of thioether (sulfide) groups is 1. The van der Waals surface area contributed by atoms with Crippen LogP contribution in [0.3, 0.4) is 0 Å². The summed E-state index contributed by atoms with van der Waals surface area (Å²) in [6.07, 6.45) is 7.98. The second-order valence-corrected chi connectivity index (χ2v) is 4.46. The molecule has 84 valence electrons. The van der Waals surface area contributed by atoms with Gasteiger partial charge in [0.2, 0.25) is 5.91 Å². The van der Waals surface area contributed by atoms with E-state index in [-0.39, 0.29) is 11.9 Å². The molecule has 1 atom stereocenters. The average molecular weight is 227 g/mol. The van der Waals surface area contributed by atoms with Gasteiger partial charge in [-0.05, 0) is 13.2 Å². The van der Waals surface area contributed by atoms with E-state index in [1.807, 2.05) is 23.9 Å². The third kappa shape index (κ3) is 4.88. The van der Waals surface area contributed by atoms with Crippen LogP contribution in [0, 0.1) is 0 Å². The van der Waals surface area contributed by atoms with Crippen LogP contribution in [0.15, 0.2) is 18.7 Å². The molecule has 0 aromatic carbocycles. The normalized spacial score (nSPS) is 12.4. The number of rotatable bonds is 6. The first-order valence-corrected chi connectivity index (χ1v) is 6.36.